The Morgan fingerprint density at radius 1 is 1.45 bits per heavy atom. The van der Waals surface area contributed by atoms with E-state index < -0.39 is 6.04 Å². The molecule has 1 aromatic carbocycles. The van der Waals surface area contributed by atoms with E-state index in [1.807, 2.05) is 39.0 Å². The van der Waals surface area contributed by atoms with Crippen LogP contribution in [0.4, 0.5) is 0 Å². The quantitative estimate of drug-likeness (QED) is 0.915. The minimum absolute atomic E-state index is 0.0699. The van der Waals surface area contributed by atoms with Crippen molar-refractivity contribution >= 4 is 21.8 Å². The van der Waals surface area contributed by atoms with E-state index in [4.69, 9.17) is 10.5 Å². The number of halogens is 1. The first-order valence-corrected chi connectivity index (χ1v) is 7.29. The van der Waals surface area contributed by atoms with Crippen LogP contribution in [0.25, 0.3) is 0 Å². The maximum atomic E-state index is 12.3. The molecule has 0 saturated heterocycles. The number of benzene rings is 1. The molecule has 4 nitrogen and oxygen atoms in total. The van der Waals surface area contributed by atoms with Gasteiger partial charge in [-0.2, -0.15) is 0 Å². The lowest BCUT2D eigenvalue weighted by molar-refractivity contribution is -0.134. The van der Waals surface area contributed by atoms with Gasteiger partial charge in [0.1, 0.15) is 5.75 Å². The van der Waals surface area contributed by atoms with E-state index >= 15 is 0 Å². The van der Waals surface area contributed by atoms with Crippen LogP contribution in [0.15, 0.2) is 22.7 Å². The zero-order valence-corrected chi connectivity index (χ0v) is 14.3. The average molecular weight is 343 g/mol. The number of hydrogen-bond donors (Lipinski definition) is 1. The predicted octanol–water partition coefficient (Wildman–Crippen LogP) is 2.79. The first kappa shape index (κ1) is 17.0. The molecule has 0 aliphatic carbocycles. The molecular weight excluding hydrogens is 320 g/mol. The highest BCUT2D eigenvalue weighted by Gasteiger charge is 2.29. The van der Waals surface area contributed by atoms with E-state index in [9.17, 15) is 4.79 Å². The molecule has 1 aromatic rings. The zero-order chi connectivity index (χ0) is 15.5. The second-order valence-corrected chi connectivity index (χ2v) is 6.91. The summed E-state index contributed by atoms with van der Waals surface area (Å²) in [6.45, 7) is 6.35. The van der Waals surface area contributed by atoms with E-state index in [1.54, 1.807) is 19.1 Å². The summed E-state index contributed by atoms with van der Waals surface area (Å²) in [5, 5.41) is 0. The Kier molecular flexibility index (Phi) is 5.59. The van der Waals surface area contributed by atoms with E-state index in [0.717, 1.165) is 15.8 Å². The molecule has 0 heterocycles. The highest BCUT2D eigenvalue weighted by molar-refractivity contribution is 9.10. The molecule has 1 amide bonds. The maximum absolute atomic E-state index is 12.3. The van der Waals surface area contributed by atoms with Gasteiger partial charge in [-0.1, -0.05) is 36.7 Å². The molecule has 20 heavy (non-hydrogen) atoms. The summed E-state index contributed by atoms with van der Waals surface area (Å²) in [5.74, 6) is 0.691. The Labute approximate surface area is 129 Å². The maximum Gasteiger partial charge on any atom is 0.240 e. The molecule has 0 aliphatic heterocycles. The van der Waals surface area contributed by atoms with Crippen molar-refractivity contribution < 1.29 is 9.53 Å². The molecule has 112 valence electrons. The molecule has 1 atom stereocenters. The monoisotopic (exact) mass is 342 g/mol. The van der Waals surface area contributed by atoms with Gasteiger partial charge >= 0.3 is 0 Å². The third-order valence-corrected chi connectivity index (χ3v) is 3.72. The van der Waals surface area contributed by atoms with E-state index in [1.165, 1.54) is 0 Å². The summed E-state index contributed by atoms with van der Waals surface area (Å²) >= 11 is 3.43. The molecule has 5 heteroatoms. The second kappa shape index (κ2) is 6.59. The van der Waals surface area contributed by atoms with Crippen molar-refractivity contribution in [3.63, 3.8) is 0 Å². The third kappa shape index (κ3) is 4.21. The Bertz CT molecular complexity index is 483. The predicted molar refractivity (Wildman–Crippen MR) is 84.6 cm³/mol. The third-order valence-electron chi connectivity index (χ3n) is 3.23. The van der Waals surface area contributed by atoms with Gasteiger partial charge in [-0.25, -0.2) is 0 Å². The van der Waals surface area contributed by atoms with E-state index in [-0.39, 0.29) is 11.3 Å². The number of likely N-dealkylation sites (N-methyl/N-ethyl adjacent to an activating group) is 1. The molecular formula is C15H23BrN2O2. The number of ether oxygens (including phenoxy) is 1. The molecule has 0 radical (unpaired) electrons. The fourth-order valence-corrected chi connectivity index (χ4v) is 2.22. The summed E-state index contributed by atoms with van der Waals surface area (Å²) in [5.41, 5.74) is 6.70. The van der Waals surface area contributed by atoms with Crippen molar-refractivity contribution in [2.75, 3.05) is 14.2 Å². The van der Waals surface area contributed by atoms with Crippen molar-refractivity contribution in [1.29, 1.82) is 0 Å². The van der Waals surface area contributed by atoms with Crippen molar-refractivity contribution in [2.24, 2.45) is 11.1 Å². The SMILES string of the molecule is COc1ccc(Br)cc1CN(C)C(=O)[C@@H](N)C(C)(C)C. The fraction of sp³-hybridized carbons (Fsp3) is 0.533. The van der Waals surface area contributed by atoms with Crippen LogP contribution >= 0.6 is 15.9 Å². The molecule has 0 saturated carbocycles. The lowest BCUT2D eigenvalue weighted by atomic mass is 9.86. The summed E-state index contributed by atoms with van der Waals surface area (Å²) in [6.07, 6.45) is 0. The summed E-state index contributed by atoms with van der Waals surface area (Å²) in [7, 11) is 3.38. The van der Waals surface area contributed by atoms with Gasteiger partial charge in [0.15, 0.2) is 0 Å². The molecule has 0 aromatic heterocycles. The highest BCUT2D eigenvalue weighted by Crippen LogP contribution is 2.25. The van der Waals surface area contributed by atoms with Gasteiger partial charge < -0.3 is 15.4 Å². The lowest BCUT2D eigenvalue weighted by Gasteiger charge is -2.30. The Morgan fingerprint density at radius 3 is 2.55 bits per heavy atom. The van der Waals surface area contributed by atoms with Crippen LogP contribution < -0.4 is 10.5 Å². The number of nitrogens with zero attached hydrogens (tertiary/aromatic N) is 1. The smallest absolute Gasteiger partial charge is 0.240 e. The van der Waals surface area contributed by atoms with Crippen LogP contribution in [0.3, 0.4) is 0 Å². The number of nitrogens with two attached hydrogens (primary N) is 1. The standard InChI is InChI=1S/C15H23BrN2O2/c1-15(2,3)13(17)14(19)18(4)9-10-8-11(16)6-7-12(10)20-5/h6-8,13H,9,17H2,1-5H3/t13-/m1/s1. The molecule has 0 unspecified atom stereocenters. The van der Waals surface area contributed by atoms with Gasteiger partial charge in [0.25, 0.3) is 0 Å². The Hall–Kier alpha value is -1.07. The van der Waals surface area contributed by atoms with Gasteiger partial charge in [-0.3, -0.25) is 4.79 Å². The normalized spacial score (nSPS) is 12.9. The van der Waals surface area contributed by atoms with Crippen molar-refractivity contribution in [2.45, 2.75) is 33.4 Å². The topological polar surface area (TPSA) is 55.6 Å². The number of amides is 1. The Balaban J connectivity index is 2.88. The lowest BCUT2D eigenvalue weighted by Crippen LogP contribution is -2.48. The first-order valence-electron chi connectivity index (χ1n) is 6.49. The van der Waals surface area contributed by atoms with Gasteiger partial charge in [-0.05, 0) is 23.6 Å². The van der Waals surface area contributed by atoms with Crippen LogP contribution in [-0.4, -0.2) is 31.0 Å². The molecule has 0 fully saturated rings. The second-order valence-electron chi connectivity index (χ2n) is 5.99. The number of rotatable bonds is 4. The summed E-state index contributed by atoms with van der Waals surface area (Å²) in [6, 6.07) is 5.21. The summed E-state index contributed by atoms with van der Waals surface area (Å²) < 4.78 is 6.27. The fourth-order valence-electron chi connectivity index (χ4n) is 1.81. The number of methoxy groups -OCH3 is 1. The largest absolute Gasteiger partial charge is 0.496 e. The molecule has 0 bridgehead atoms. The van der Waals surface area contributed by atoms with Crippen LogP contribution in [-0.2, 0) is 11.3 Å². The van der Waals surface area contributed by atoms with Crippen LogP contribution in [0.1, 0.15) is 26.3 Å². The van der Waals surface area contributed by atoms with Gasteiger partial charge in [0, 0.05) is 23.6 Å². The number of hydrogen-bond acceptors (Lipinski definition) is 3. The van der Waals surface area contributed by atoms with Gasteiger partial charge in [0.05, 0.1) is 13.2 Å². The molecule has 0 spiro atoms. The van der Waals surface area contributed by atoms with E-state index in [0.29, 0.717) is 6.54 Å². The van der Waals surface area contributed by atoms with Crippen LogP contribution in [0.5, 0.6) is 5.75 Å². The van der Waals surface area contributed by atoms with Gasteiger partial charge in [-0.15, -0.1) is 0 Å². The molecule has 2 N–H and O–H groups in total. The Morgan fingerprint density at radius 2 is 2.05 bits per heavy atom. The van der Waals surface area contributed by atoms with Crippen LogP contribution in [0, 0.1) is 5.41 Å². The molecule has 0 aliphatic rings. The number of carbonyl (C=O) groups excluding carboxylic acids is 1. The first-order chi connectivity index (χ1) is 9.16. The minimum atomic E-state index is -0.523. The van der Waals surface area contributed by atoms with Crippen molar-refractivity contribution in [1.82, 2.24) is 4.90 Å². The zero-order valence-electron chi connectivity index (χ0n) is 12.7. The average Bonchev–Trinajstić information content (AvgIpc) is 2.36. The number of carbonyl (C=O) groups is 1. The highest BCUT2D eigenvalue weighted by atomic mass is 79.9. The van der Waals surface area contributed by atoms with E-state index in [2.05, 4.69) is 15.9 Å². The summed E-state index contributed by atoms with van der Waals surface area (Å²) in [4.78, 5) is 14.0. The molecule has 1 rings (SSSR count). The van der Waals surface area contributed by atoms with Gasteiger partial charge in [0.2, 0.25) is 5.91 Å². The van der Waals surface area contributed by atoms with Crippen LogP contribution in [0.2, 0.25) is 0 Å². The minimum Gasteiger partial charge on any atom is -0.496 e. The van der Waals surface area contributed by atoms with Crippen molar-refractivity contribution in [3.05, 3.63) is 28.2 Å². The van der Waals surface area contributed by atoms with Crippen molar-refractivity contribution in [3.8, 4) is 5.75 Å².